The van der Waals surface area contributed by atoms with E-state index in [1.54, 1.807) is 48.5 Å². The average Bonchev–Trinajstić information content (AvgIpc) is 2.88. The molecule has 8 nitrogen and oxygen atoms in total. The molecule has 4 rings (SSSR count). The third-order valence-corrected chi connectivity index (χ3v) is 6.98. The van der Waals surface area contributed by atoms with Crippen molar-refractivity contribution >= 4 is 15.8 Å². The van der Waals surface area contributed by atoms with Gasteiger partial charge in [-0.3, -0.25) is 4.98 Å². The molecule has 0 fully saturated rings. The summed E-state index contributed by atoms with van der Waals surface area (Å²) in [5, 5.41) is 20.4. The Hall–Kier alpha value is -3.70. The molecule has 1 aromatic heterocycles. The number of nitrogens with two attached hydrogens (primary N) is 1. The molecule has 10 heteroatoms. The van der Waals surface area contributed by atoms with E-state index in [0.29, 0.717) is 11.1 Å². The maximum atomic E-state index is 15.0. The largest absolute Gasteiger partial charge is 0.395 e. The van der Waals surface area contributed by atoms with Gasteiger partial charge in [0.15, 0.2) is 0 Å². The molecule has 0 aliphatic rings. The Kier molecular flexibility index (Phi) is 7.17. The Morgan fingerprint density at radius 3 is 2.31 bits per heavy atom. The van der Waals surface area contributed by atoms with Gasteiger partial charge in [0.2, 0.25) is 10.0 Å². The molecule has 0 bridgehead atoms. The number of aliphatic hydroxyl groups excluding tert-OH is 2. The quantitative estimate of drug-likeness (QED) is 0.295. The van der Waals surface area contributed by atoms with Gasteiger partial charge in [0.05, 0.1) is 41.7 Å². The van der Waals surface area contributed by atoms with Crippen LogP contribution in [0.25, 0.3) is 22.4 Å². The lowest BCUT2D eigenvalue weighted by Crippen LogP contribution is -2.42. The van der Waals surface area contributed by atoms with Gasteiger partial charge < -0.3 is 15.9 Å². The highest BCUT2D eigenvalue weighted by Gasteiger charge is 2.28. The third kappa shape index (κ3) is 5.36. The number of nitrogens with one attached hydrogen (secondary N) is 1. The fourth-order valence-corrected chi connectivity index (χ4v) is 5.12. The summed E-state index contributed by atoms with van der Waals surface area (Å²) in [6.45, 7) is -0.636. The molecule has 0 aliphatic heterocycles. The van der Waals surface area contributed by atoms with Gasteiger partial charge in [-0.1, -0.05) is 54.6 Å². The van der Waals surface area contributed by atoms with Crippen molar-refractivity contribution in [1.82, 2.24) is 14.7 Å². The van der Waals surface area contributed by atoms with Gasteiger partial charge in [0.25, 0.3) is 0 Å². The Balaban J connectivity index is 1.67. The zero-order valence-electron chi connectivity index (χ0n) is 18.4. The van der Waals surface area contributed by atoms with Crippen LogP contribution in [0.3, 0.4) is 0 Å². The number of aliphatic hydroxyl groups is 2. The van der Waals surface area contributed by atoms with Crippen molar-refractivity contribution in [2.75, 3.05) is 12.3 Å². The van der Waals surface area contributed by atoms with Crippen LogP contribution in [0.2, 0.25) is 0 Å². The van der Waals surface area contributed by atoms with E-state index in [0.717, 1.165) is 0 Å². The predicted molar refractivity (Wildman–Crippen MR) is 130 cm³/mol. The molecule has 0 spiro atoms. The molecule has 5 N–H and O–H groups in total. The smallest absolute Gasteiger partial charge is 0.241 e. The van der Waals surface area contributed by atoms with Crippen LogP contribution in [-0.4, -0.2) is 41.2 Å². The van der Waals surface area contributed by atoms with Crippen LogP contribution in [0.15, 0.2) is 90.1 Å². The Morgan fingerprint density at radius 2 is 1.66 bits per heavy atom. The van der Waals surface area contributed by atoms with E-state index in [1.165, 1.54) is 36.7 Å². The fourth-order valence-electron chi connectivity index (χ4n) is 3.65. The number of aromatic nitrogens is 2. The second-order valence-electron chi connectivity index (χ2n) is 7.78. The summed E-state index contributed by atoms with van der Waals surface area (Å²) in [5.74, 6) is -0.412. The summed E-state index contributed by atoms with van der Waals surface area (Å²) < 4.78 is 43.9. The predicted octanol–water partition coefficient (Wildman–Crippen LogP) is 2.90. The van der Waals surface area contributed by atoms with Gasteiger partial charge in [0, 0.05) is 11.1 Å². The lowest BCUT2D eigenvalue weighted by molar-refractivity contribution is 0.101. The van der Waals surface area contributed by atoms with Crippen LogP contribution >= 0.6 is 0 Å². The normalized spacial score (nSPS) is 13.3. The minimum Gasteiger partial charge on any atom is -0.395 e. The highest BCUT2D eigenvalue weighted by Crippen LogP contribution is 2.31. The second kappa shape index (κ2) is 10.3. The van der Waals surface area contributed by atoms with E-state index in [4.69, 9.17) is 5.73 Å². The summed E-state index contributed by atoms with van der Waals surface area (Å²) in [4.78, 5) is 7.86. The van der Waals surface area contributed by atoms with Crippen LogP contribution in [0, 0.1) is 5.82 Å². The van der Waals surface area contributed by atoms with Crippen molar-refractivity contribution in [3.63, 3.8) is 0 Å². The fraction of sp³-hybridized carbons (Fsp3) is 0.120. The molecule has 0 saturated carbocycles. The first-order valence-electron chi connectivity index (χ1n) is 10.6. The zero-order chi connectivity index (χ0) is 25.0. The van der Waals surface area contributed by atoms with Crippen molar-refractivity contribution in [3.8, 4) is 22.4 Å². The number of rotatable bonds is 8. The summed E-state index contributed by atoms with van der Waals surface area (Å²) in [7, 11) is -4.21. The van der Waals surface area contributed by atoms with Crippen molar-refractivity contribution in [2.24, 2.45) is 0 Å². The van der Waals surface area contributed by atoms with Gasteiger partial charge >= 0.3 is 0 Å². The Morgan fingerprint density at radius 1 is 0.943 bits per heavy atom. The van der Waals surface area contributed by atoms with Gasteiger partial charge in [-0.2, -0.15) is 0 Å². The summed E-state index contributed by atoms with van der Waals surface area (Å²) >= 11 is 0. The molecule has 35 heavy (non-hydrogen) atoms. The number of nitrogens with zero attached hydrogens (tertiary/aromatic N) is 2. The molecule has 0 unspecified atom stereocenters. The number of benzene rings is 3. The van der Waals surface area contributed by atoms with E-state index in [2.05, 4.69) is 14.7 Å². The van der Waals surface area contributed by atoms with Gasteiger partial charge in [0.1, 0.15) is 11.6 Å². The van der Waals surface area contributed by atoms with Crippen molar-refractivity contribution < 1.29 is 23.0 Å². The number of anilines is 1. The topological polar surface area (TPSA) is 138 Å². The zero-order valence-corrected chi connectivity index (χ0v) is 19.2. The number of hydrogen-bond acceptors (Lipinski definition) is 7. The highest BCUT2D eigenvalue weighted by atomic mass is 32.2. The van der Waals surface area contributed by atoms with E-state index in [9.17, 15) is 23.0 Å². The lowest BCUT2D eigenvalue weighted by atomic mass is 10.0. The molecule has 0 saturated heterocycles. The molecular formula is C25H23FN4O4S. The minimum atomic E-state index is -4.21. The van der Waals surface area contributed by atoms with Crippen molar-refractivity contribution in [3.05, 3.63) is 96.6 Å². The molecular weight excluding hydrogens is 471 g/mol. The lowest BCUT2D eigenvalue weighted by Gasteiger charge is -2.23. The maximum absolute atomic E-state index is 15.0. The van der Waals surface area contributed by atoms with Crippen LogP contribution in [0.5, 0.6) is 0 Å². The van der Waals surface area contributed by atoms with Crippen molar-refractivity contribution in [2.45, 2.75) is 17.0 Å². The van der Waals surface area contributed by atoms with Crippen LogP contribution < -0.4 is 10.5 Å². The van der Waals surface area contributed by atoms with Gasteiger partial charge in [-0.25, -0.2) is 22.5 Å². The number of nitrogen functional groups attached to an aromatic ring is 1. The molecule has 1 heterocycles. The van der Waals surface area contributed by atoms with E-state index >= 15 is 0 Å². The summed E-state index contributed by atoms with van der Waals surface area (Å²) in [6.07, 6.45) is 1.39. The molecule has 180 valence electrons. The van der Waals surface area contributed by atoms with Crippen LogP contribution in [0.4, 0.5) is 10.2 Å². The minimum absolute atomic E-state index is 0.127. The average molecular weight is 495 g/mol. The Bertz CT molecular complexity index is 1420. The first-order chi connectivity index (χ1) is 16.8. The maximum Gasteiger partial charge on any atom is 0.241 e. The molecule has 4 aromatic rings. The van der Waals surface area contributed by atoms with Crippen LogP contribution in [0.1, 0.15) is 11.7 Å². The van der Waals surface area contributed by atoms with E-state index < -0.39 is 34.6 Å². The van der Waals surface area contributed by atoms with Gasteiger partial charge in [-0.15, -0.1) is 0 Å². The number of hydrogen-bond donors (Lipinski definition) is 4. The van der Waals surface area contributed by atoms with Gasteiger partial charge in [-0.05, 0) is 29.3 Å². The van der Waals surface area contributed by atoms with E-state index in [1.807, 2.05) is 0 Å². The van der Waals surface area contributed by atoms with Crippen molar-refractivity contribution in [1.29, 1.82) is 0 Å². The molecule has 3 aromatic carbocycles. The first-order valence-corrected chi connectivity index (χ1v) is 12.1. The first kappa shape index (κ1) is 24.4. The van der Waals surface area contributed by atoms with E-state index in [-0.39, 0.29) is 27.5 Å². The molecule has 2 atom stereocenters. The van der Waals surface area contributed by atoms with Crippen LogP contribution in [-0.2, 0) is 10.0 Å². The number of halogens is 1. The monoisotopic (exact) mass is 494 g/mol. The standard InChI is InChI=1S/C25H23FN4O4S/c26-20-12-17(10-11-19(20)21-13-29-24(27)14-28-21)18-8-4-5-9-23(18)35(33,34)30-22(15-31)25(32)16-6-2-1-3-7-16/h1-14,22,25,30-32H,15H2,(H2,27,29)/t22-,25-/m0/s1. The number of sulfonamides is 1. The SMILES string of the molecule is Nc1cnc(-c2ccc(-c3ccccc3S(=O)(=O)N[C@@H](CO)[C@@H](O)c3ccccc3)cc2F)cn1. The molecule has 0 radical (unpaired) electrons. The Labute approximate surface area is 202 Å². The summed E-state index contributed by atoms with van der Waals surface area (Å²) in [5.41, 5.74) is 7.02. The highest BCUT2D eigenvalue weighted by molar-refractivity contribution is 7.89. The summed E-state index contributed by atoms with van der Waals surface area (Å²) in [6, 6.07) is 17.6. The molecule has 0 amide bonds. The third-order valence-electron chi connectivity index (χ3n) is 5.43. The molecule has 0 aliphatic carbocycles. The second-order valence-corrected chi connectivity index (χ2v) is 9.47.